The molecule has 31 heavy (non-hydrogen) atoms. The Kier molecular flexibility index (Phi) is 7.79. The number of hydrogen-bond acceptors (Lipinski definition) is 5. The number of anilines is 1. The maximum Gasteiger partial charge on any atom is 0.338 e. The molecule has 0 saturated carbocycles. The zero-order valence-corrected chi connectivity index (χ0v) is 17.6. The predicted octanol–water partition coefficient (Wildman–Crippen LogP) is 5.28. The second kappa shape index (κ2) is 10.9. The summed E-state index contributed by atoms with van der Waals surface area (Å²) in [7, 11) is 0. The molecule has 1 amide bonds. The van der Waals surface area contributed by atoms with Crippen LogP contribution in [-0.2, 0) is 9.53 Å². The van der Waals surface area contributed by atoms with Crippen molar-refractivity contribution in [3.8, 4) is 5.75 Å². The van der Waals surface area contributed by atoms with Crippen molar-refractivity contribution in [2.24, 2.45) is 4.99 Å². The summed E-state index contributed by atoms with van der Waals surface area (Å²) in [6.45, 7) is 1.99. The minimum Gasteiger partial charge on any atom is -0.484 e. The number of hydrogen-bond donors (Lipinski definition) is 1. The van der Waals surface area contributed by atoms with Crippen molar-refractivity contribution >= 4 is 41.1 Å². The van der Waals surface area contributed by atoms with E-state index < -0.39 is 0 Å². The Labute approximate surface area is 185 Å². The minimum absolute atomic E-state index is 0.118. The molecule has 6 nitrogen and oxygen atoms in total. The highest BCUT2D eigenvalue weighted by molar-refractivity contribution is 6.30. The molecule has 0 unspecified atom stereocenters. The van der Waals surface area contributed by atoms with Crippen LogP contribution in [0.5, 0.6) is 5.75 Å². The number of nitrogens with one attached hydrogen (secondary N) is 1. The van der Waals surface area contributed by atoms with E-state index in [0.29, 0.717) is 34.3 Å². The summed E-state index contributed by atoms with van der Waals surface area (Å²) in [6, 6.07) is 21.0. The molecule has 3 aromatic rings. The number of rotatable bonds is 8. The van der Waals surface area contributed by atoms with E-state index in [-0.39, 0.29) is 18.5 Å². The first kappa shape index (κ1) is 22.1. The maximum atomic E-state index is 12.0. The first-order chi connectivity index (χ1) is 15.0. The van der Waals surface area contributed by atoms with Gasteiger partial charge in [-0.3, -0.25) is 9.79 Å². The minimum atomic E-state index is -0.352. The van der Waals surface area contributed by atoms with Crippen molar-refractivity contribution in [3.63, 3.8) is 0 Å². The molecule has 0 bridgehead atoms. The molecule has 0 heterocycles. The van der Waals surface area contributed by atoms with Crippen molar-refractivity contribution in [1.29, 1.82) is 0 Å². The molecule has 7 heteroatoms. The normalized spacial score (nSPS) is 10.6. The highest BCUT2D eigenvalue weighted by Crippen LogP contribution is 2.17. The van der Waals surface area contributed by atoms with Gasteiger partial charge in [0, 0.05) is 16.9 Å². The van der Waals surface area contributed by atoms with Crippen LogP contribution in [0.25, 0.3) is 0 Å². The van der Waals surface area contributed by atoms with Gasteiger partial charge in [-0.15, -0.1) is 0 Å². The number of ether oxygens (including phenoxy) is 2. The van der Waals surface area contributed by atoms with Gasteiger partial charge in [0.05, 0.1) is 17.9 Å². The van der Waals surface area contributed by atoms with Crippen molar-refractivity contribution in [2.75, 3.05) is 18.5 Å². The first-order valence-corrected chi connectivity index (χ1v) is 10.0. The topological polar surface area (TPSA) is 77.0 Å². The lowest BCUT2D eigenvalue weighted by Gasteiger charge is -2.08. The molecule has 0 aromatic heterocycles. The van der Waals surface area contributed by atoms with Crippen molar-refractivity contribution in [3.05, 3.63) is 88.9 Å². The smallest absolute Gasteiger partial charge is 0.338 e. The van der Waals surface area contributed by atoms with Gasteiger partial charge in [0.1, 0.15) is 5.75 Å². The highest BCUT2D eigenvalue weighted by atomic mass is 35.5. The monoisotopic (exact) mass is 436 g/mol. The fourth-order valence-corrected chi connectivity index (χ4v) is 2.80. The molecule has 0 spiro atoms. The van der Waals surface area contributed by atoms with Crippen LogP contribution < -0.4 is 10.1 Å². The van der Waals surface area contributed by atoms with Gasteiger partial charge < -0.3 is 14.8 Å². The van der Waals surface area contributed by atoms with Gasteiger partial charge in [-0.2, -0.15) is 0 Å². The molecule has 158 valence electrons. The molecule has 1 N–H and O–H groups in total. The fraction of sp³-hybridized carbons (Fsp3) is 0.125. The molecular weight excluding hydrogens is 416 g/mol. The number of esters is 1. The lowest BCUT2D eigenvalue weighted by atomic mass is 10.2. The van der Waals surface area contributed by atoms with Crippen LogP contribution in [0.1, 0.15) is 22.8 Å². The lowest BCUT2D eigenvalue weighted by Crippen LogP contribution is -2.20. The third-order valence-electron chi connectivity index (χ3n) is 4.10. The standard InChI is InChI=1S/C24H21ClN2O4/c1-2-30-24(29)18-8-10-20(11-9-18)26-15-17-6-12-22(13-7-17)31-16-23(28)27-21-5-3-4-19(25)14-21/h3-15H,2,16H2,1H3,(H,27,28). The van der Waals surface area contributed by atoms with E-state index in [2.05, 4.69) is 10.3 Å². The summed E-state index contributed by atoms with van der Waals surface area (Å²) in [6.07, 6.45) is 1.70. The van der Waals surface area contributed by atoms with Gasteiger partial charge in [-0.05, 0) is 79.2 Å². The number of carbonyl (C=O) groups is 2. The van der Waals surface area contributed by atoms with Crippen molar-refractivity contribution in [1.82, 2.24) is 0 Å². The number of amides is 1. The van der Waals surface area contributed by atoms with E-state index in [1.54, 1.807) is 73.8 Å². The number of benzene rings is 3. The molecule has 3 aromatic carbocycles. The zero-order valence-electron chi connectivity index (χ0n) is 16.9. The van der Waals surface area contributed by atoms with Crippen LogP contribution in [0.4, 0.5) is 11.4 Å². The quantitative estimate of drug-likeness (QED) is 0.384. The number of halogens is 1. The van der Waals surface area contributed by atoms with Crippen LogP contribution >= 0.6 is 11.6 Å². The van der Waals surface area contributed by atoms with Crippen LogP contribution in [0.3, 0.4) is 0 Å². The van der Waals surface area contributed by atoms with E-state index in [1.165, 1.54) is 0 Å². The Morgan fingerprint density at radius 2 is 1.77 bits per heavy atom. The molecule has 3 rings (SSSR count). The molecular formula is C24H21ClN2O4. The summed E-state index contributed by atoms with van der Waals surface area (Å²) in [5.41, 5.74) is 2.68. The Morgan fingerprint density at radius 3 is 2.45 bits per heavy atom. The molecule has 0 aliphatic heterocycles. The summed E-state index contributed by atoms with van der Waals surface area (Å²) in [4.78, 5) is 28.0. The lowest BCUT2D eigenvalue weighted by molar-refractivity contribution is -0.118. The summed E-state index contributed by atoms with van der Waals surface area (Å²) >= 11 is 5.90. The van der Waals surface area contributed by atoms with Crippen molar-refractivity contribution < 1.29 is 19.1 Å². The molecule has 0 atom stereocenters. The van der Waals surface area contributed by atoms with Crippen LogP contribution in [0, 0.1) is 0 Å². The largest absolute Gasteiger partial charge is 0.484 e. The van der Waals surface area contributed by atoms with Crippen LogP contribution in [-0.4, -0.2) is 31.3 Å². The fourth-order valence-electron chi connectivity index (χ4n) is 2.61. The van der Waals surface area contributed by atoms with Gasteiger partial charge >= 0.3 is 5.97 Å². The number of aliphatic imine (C=N–C) groups is 1. The predicted molar refractivity (Wildman–Crippen MR) is 122 cm³/mol. The Balaban J connectivity index is 1.50. The van der Waals surface area contributed by atoms with Gasteiger partial charge in [0.2, 0.25) is 0 Å². The number of nitrogens with zero attached hydrogens (tertiary/aromatic N) is 1. The van der Waals surface area contributed by atoms with Gasteiger partial charge in [0.25, 0.3) is 5.91 Å². The summed E-state index contributed by atoms with van der Waals surface area (Å²) in [5, 5.41) is 3.27. The van der Waals surface area contributed by atoms with E-state index in [0.717, 1.165) is 5.56 Å². The third kappa shape index (κ3) is 6.97. The Hall–Kier alpha value is -3.64. The molecule has 0 radical (unpaired) electrons. The van der Waals surface area contributed by atoms with E-state index in [1.807, 2.05) is 12.1 Å². The summed E-state index contributed by atoms with van der Waals surface area (Å²) in [5.74, 6) is -0.0637. The van der Waals surface area contributed by atoms with E-state index in [4.69, 9.17) is 21.1 Å². The molecule has 0 aliphatic carbocycles. The average molecular weight is 437 g/mol. The summed E-state index contributed by atoms with van der Waals surface area (Å²) < 4.78 is 10.5. The third-order valence-corrected chi connectivity index (χ3v) is 4.33. The first-order valence-electron chi connectivity index (χ1n) is 9.63. The SMILES string of the molecule is CCOC(=O)c1ccc(N=Cc2ccc(OCC(=O)Nc3cccc(Cl)c3)cc2)cc1. The maximum absolute atomic E-state index is 12.0. The zero-order chi connectivity index (χ0) is 22.1. The highest BCUT2D eigenvalue weighted by Gasteiger charge is 2.06. The molecule has 0 aliphatic rings. The van der Waals surface area contributed by atoms with Gasteiger partial charge in [0.15, 0.2) is 6.61 Å². The molecule has 0 fully saturated rings. The van der Waals surface area contributed by atoms with Crippen molar-refractivity contribution in [2.45, 2.75) is 6.92 Å². The average Bonchev–Trinajstić information content (AvgIpc) is 2.77. The number of carbonyl (C=O) groups excluding carboxylic acids is 2. The Bertz CT molecular complexity index is 1060. The van der Waals surface area contributed by atoms with E-state index >= 15 is 0 Å². The Morgan fingerprint density at radius 1 is 1.03 bits per heavy atom. The van der Waals surface area contributed by atoms with Gasteiger partial charge in [-0.25, -0.2) is 4.79 Å². The van der Waals surface area contributed by atoms with Crippen LogP contribution in [0.2, 0.25) is 5.02 Å². The van der Waals surface area contributed by atoms with E-state index in [9.17, 15) is 9.59 Å². The molecule has 0 saturated heterocycles. The van der Waals surface area contributed by atoms with Gasteiger partial charge in [-0.1, -0.05) is 17.7 Å². The second-order valence-electron chi connectivity index (χ2n) is 6.44. The second-order valence-corrected chi connectivity index (χ2v) is 6.88. The van der Waals surface area contributed by atoms with Crippen LogP contribution in [0.15, 0.2) is 77.8 Å².